The average Bonchev–Trinajstić information content (AvgIpc) is 3.05. The molecule has 2 aromatic heterocycles. The zero-order chi connectivity index (χ0) is 15.0. The van der Waals surface area contributed by atoms with Gasteiger partial charge in [0, 0.05) is 7.11 Å². The summed E-state index contributed by atoms with van der Waals surface area (Å²) in [6.07, 6.45) is 0. The molecule has 3 heterocycles. The molecular weight excluding hydrogens is 272 g/mol. The third-order valence-corrected chi connectivity index (χ3v) is 3.35. The van der Waals surface area contributed by atoms with Crippen molar-refractivity contribution < 1.29 is 13.9 Å². The van der Waals surface area contributed by atoms with Gasteiger partial charge in [0.15, 0.2) is 0 Å². The molecule has 0 fully saturated rings. The lowest BCUT2D eigenvalue weighted by Gasteiger charge is -2.21. The van der Waals surface area contributed by atoms with Crippen molar-refractivity contribution in [3.05, 3.63) is 46.4 Å². The normalized spacial score (nSPS) is 17.3. The molecule has 7 heteroatoms. The van der Waals surface area contributed by atoms with Gasteiger partial charge in [0.2, 0.25) is 11.8 Å². The zero-order valence-corrected chi connectivity index (χ0v) is 11.6. The first-order chi connectivity index (χ1) is 10.2. The number of furan rings is 1. The number of H-pyrrole nitrogens is 1. The number of hydrogen-bond acceptors (Lipinski definition) is 6. The highest BCUT2D eigenvalue weighted by Gasteiger charge is 2.36. The van der Waals surface area contributed by atoms with Crippen LogP contribution in [0.15, 0.2) is 28.0 Å². The molecule has 1 aliphatic heterocycles. The van der Waals surface area contributed by atoms with Crippen molar-refractivity contribution >= 4 is 0 Å². The quantitative estimate of drug-likeness (QED) is 0.888. The van der Waals surface area contributed by atoms with E-state index in [1.54, 1.807) is 7.11 Å². The Morgan fingerprint density at radius 3 is 2.95 bits per heavy atom. The van der Waals surface area contributed by atoms with Crippen LogP contribution in [0.2, 0.25) is 0 Å². The molecule has 0 amide bonds. The van der Waals surface area contributed by atoms with Gasteiger partial charge in [0.05, 0.1) is 23.8 Å². The SMILES string of the molecule is COCc1[nH]nc2c1[C@H](c1ccc(C)o1)C(C#N)=C(N)O2. The number of allylic oxidation sites excluding steroid dienone is 1. The van der Waals surface area contributed by atoms with E-state index in [1.807, 2.05) is 19.1 Å². The minimum absolute atomic E-state index is 0.0412. The van der Waals surface area contributed by atoms with Crippen molar-refractivity contribution in [3.63, 3.8) is 0 Å². The van der Waals surface area contributed by atoms with Crippen LogP contribution >= 0.6 is 0 Å². The van der Waals surface area contributed by atoms with Crippen LogP contribution < -0.4 is 10.5 Å². The Hall–Kier alpha value is -2.72. The van der Waals surface area contributed by atoms with E-state index in [0.29, 0.717) is 23.8 Å². The van der Waals surface area contributed by atoms with E-state index in [2.05, 4.69) is 16.3 Å². The van der Waals surface area contributed by atoms with Crippen LogP contribution in [0.3, 0.4) is 0 Å². The number of nitrogens with zero attached hydrogens (tertiary/aromatic N) is 2. The first-order valence-corrected chi connectivity index (χ1v) is 6.35. The summed E-state index contributed by atoms with van der Waals surface area (Å²) in [5, 5.41) is 16.4. The fourth-order valence-electron chi connectivity index (χ4n) is 2.46. The van der Waals surface area contributed by atoms with Crippen LogP contribution in [0, 0.1) is 18.3 Å². The maximum absolute atomic E-state index is 9.41. The molecule has 7 nitrogen and oxygen atoms in total. The summed E-state index contributed by atoms with van der Waals surface area (Å²) in [7, 11) is 1.58. The second-order valence-electron chi connectivity index (χ2n) is 4.73. The first-order valence-electron chi connectivity index (χ1n) is 6.35. The average molecular weight is 286 g/mol. The molecule has 0 saturated carbocycles. The molecule has 0 saturated heterocycles. The van der Waals surface area contributed by atoms with Gasteiger partial charge >= 0.3 is 0 Å². The Kier molecular flexibility index (Phi) is 3.16. The van der Waals surface area contributed by atoms with Crippen molar-refractivity contribution in [1.29, 1.82) is 5.26 Å². The fourth-order valence-corrected chi connectivity index (χ4v) is 2.46. The predicted octanol–water partition coefficient (Wildman–Crippen LogP) is 1.68. The van der Waals surface area contributed by atoms with Gasteiger partial charge in [-0.15, -0.1) is 5.10 Å². The van der Waals surface area contributed by atoms with Crippen LogP contribution in [-0.2, 0) is 11.3 Å². The highest BCUT2D eigenvalue weighted by molar-refractivity contribution is 5.53. The number of nitrogens with two attached hydrogens (primary N) is 1. The predicted molar refractivity (Wildman–Crippen MR) is 72.0 cm³/mol. The van der Waals surface area contributed by atoms with E-state index in [4.69, 9.17) is 19.6 Å². The molecule has 3 rings (SSSR count). The molecule has 0 aliphatic carbocycles. The van der Waals surface area contributed by atoms with E-state index in [9.17, 15) is 5.26 Å². The van der Waals surface area contributed by atoms with Crippen LogP contribution in [0.4, 0.5) is 0 Å². The second kappa shape index (κ2) is 5.00. The van der Waals surface area contributed by atoms with Gasteiger partial charge in [-0.1, -0.05) is 0 Å². The van der Waals surface area contributed by atoms with E-state index < -0.39 is 5.92 Å². The monoisotopic (exact) mass is 286 g/mol. The second-order valence-corrected chi connectivity index (χ2v) is 4.73. The Bertz CT molecular complexity index is 751. The molecule has 0 bridgehead atoms. The Labute approximate surface area is 120 Å². The number of aromatic amines is 1. The van der Waals surface area contributed by atoms with Crippen LogP contribution in [0.5, 0.6) is 5.88 Å². The highest BCUT2D eigenvalue weighted by atomic mass is 16.5. The van der Waals surface area contributed by atoms with E-state index in [0.717, 1.165) is 17.0 Å². The number of nitrogens with one attached hydrogen (secondary N) is 1. The molecule has 0 spiro atoms. The highest BCUT2D eigenvalue weighted by Crippen LogP contribution is 2.43. The summed E-state index contributed by atoms with van der Waals surface area (Å²) < 4.78 is 16.2. The Morgan fingerprint density at radius 2 is 2.33 bits per heavy atom. The largest absolute Gasteiger partial charge is 0.465 e. The van der Waals surface area contributed by atoms with Crippen LogP contribution in [0.1, 0.15) is 28.7 Å². The number of hydrogen-bond donors (Lipinski definition) is 2. The first kappa shape index (κ1) is 13.3. The van der Waals surface area contributed by atoms with Gasteiger partial charge in [-0.25, -0.2) is 0 Å². The third-order valence-electron chi connectivity index (χ3n) is 3.35. The topological polar surface area (TPSA) is 110 Å². The van der Waals surface area contributed by atoms with E-state index >= 15 is 0 Å². The van der Waals surface area contributed by atoms with Gasteiger partial charge < -0.3 is 19.6 Å². The number of nitriles is 1. The van der Waals surface area contributed by atoms with Crippen LogP contribution in [-0.4, -0.2) is 17.3 Å². The number of fused-ring (bicyclic) bond motifs is 1. The Balaban J connectivity index is 2.19. The van der Waals surface area contributed by atoms with Crippen molar-refractivity contribution in [2.45, 2.75) is 19.4 Å². The maximum Gasteiger partial charge on any atom is 0.244 e. The minimum atomic E-state index is -0.448. The standard InChI is InChI=1S/C14H14N4O3/c1-7-3-4-10(20-7)11-8(5-15)13(16)21-14-12(11)9(6-19-2)17-18-14/h3-4,11H,6,16H2,1-2H3,(H,17,18)/t11-/m0/s1. The summed E-state index contributed by atoms with van der Waals surface area (Å²) in [4.78, 5) is 0. The van der Waals surface area contributed by atoms with Crippen molar-refractivity contribution in [3.8, 4) is 11.9 Å². The number of aryl methyl sites for hydroxylation is 1. The fraction of sp³-hybridized carbons (Fsp3) is 0.286. The molecule has 108 valence electrons. The lowest BCUT2D eigenvalue weighted by atomic mass is 9.88. The summed E-state index contributed by atoms with van der Waals surface area (Å²) in [6, 6.07) is 5.76. The van der Waals surface area contributed by atoms with Gasteiger partial charge in [-0.2, -0.15) is 5.26 Å². The van der Waals surface area contributed by atoms with Gasteiger partial charge in [0.1, 0.15) is 23.2 Å². The number of ether oxygens (including phenoxy) is 2. The van der Waals surface area contributed by atoms with Crippen molar-refractivity contribution in [2.75, 3.05) is 7.11 Å². The molecule has 0 radical (unpaired) electrons. The number of rotatable bonds is 3. The molecule has 2 aromatic rings. The van der Waals surface area contributed by atoms with Gasteiger partial charge in [-0.3, -0.25) is 5.10 Å². The third kappa shape index (κ3) is 2.06. The summed E-state index contributed by atoms with van der Waals surface area (Å²) >= 11 is 0. The molecule has 1 atom stereocenters. The molecule has 3 N–H and O–H groups in total. The zero-order valence-electron chi connectivity index (χ0n) is 11.6. The minimum Gasteiger partial charge on any atom is -0.465 e. The smallest absolute Gasteiger partial charge is 0.244 e. The molecular formula is C14H14N4O3. The van der Waals surface area contributed by atoms with Crippen LogP contribution in [0.25, 0.3) is 0 Å². The summed E-state index contributed by atoms with van der Waals surface area (Å²) in [5.74, 6) is 1.31. The molecule has 0 aromatic carbocycles. The maximum atomic E-state index is 9.41. The van der Waals surface area contributed by atoms with Gasteiger partial charge in [0.25, 0.3) is 0 Å². The van der Waals surface area contributed by atoms with Crippen molar-refractivity contribution in [1.82, 2.24) is 10.2 Å². The summed E-state index contributed by atoms with van der Waals surface area (Å²) in [5.41, 5.74) is 7.58. The van der Waals surface area contributed by atoms with Crippen molar-refractivity contribution in [2.24, 2.45) is 5.73 Å². The van der Waals surface area contributed by atoms with E-state index in [1.165, 1.54) is 0 Å². The molecule has 0 unspecified atom stereocenters. The number of methoxy groups -OCH3 is 1. The van der Waals surface area contributed by atoms with E-state index in [-0.39, 0.29) is 5.88 Å². The molecule has 1 aliphatic rings. The number of aromatic nitrogens is 2. The lowest BCUT2D eigenvalue weighted by Crippen LogP contribution is -2.21. The Morgan fingerprint density at radius 1 is 1.52 bits per heavy atom. The summed E-state index contributed by atoms with van der Waals surface area (Å²) in [6.45, 7) is 2.16. The lowest BCUT2D eigenvalue weighted by molar-refractivity contribution is 0.180. The van der Waals surface area contributed by atoms with Gasteiger partial charge in [-0.05, 0) is 19.1 Å². The molecule has 21 heavy (non-hydrogen) atoms.